The molecule has 0 aromatic rings. The predicted octanol–water partition coefficient (Wildman–Crippen LogP) is 0.113. The lowest BCUT2D eigenvalue weighted by molar-refractivity contribution is -0.125. The van der Waals surface area contributed by atoms with Crippen molar-refractivity contribution in [3.8, 4) is 0 Å². The fraction of sp³-hybridized carbons (Fsp3) is 0.909. The fourth-order valence-corrected chi connectivity index (χ4v) is 2.16. The molecule has 0 saturated carbocycles. The Hall–Kier alpha value is -0.650. The standard InChI is InChI=1S/C11H23N3O2/c1-3-16-10-5-4-6-14(8-10)7-9(2)11(15)13-12/h9-10H,3-8,12H2,1-2H3,(H,13,15). The smallest absolute Gasteiger partial charge is 0.237 e. The van der Waals surface area contributed by atoms with Crippen LogP contribution in [0.4, 0.5) is 0 Å². The van der Waals surface area contributed by atoms with Crippen LogP contribution < -0.4 is 11.3 Å². The lowest BCUT2D eigenvalue weighted by atomic mass is 10.1. The maximum absolute atomic E-state index is 11.3. The van der Waals surface area contributed by atoms with Crippen molar-refractivity contribution < 1.29 is 9.53 Å². The highest BCUT2D eigenvalue weighted by Gasteiger charge is 2.23. The number of amides is 1. The van der Waals surface area contributed by atoms with Crippen LogP contribution in [0.25, 0.3) is 0 Å². The highest BCUT2D eigenvalue weighted by molar-refractivity contribution is 5.77. The Morgan fingerprint density at radius 2 is 2.44 bits per heavy atom. The molecule has 1 heterocycles. The molecular weight excluding hydrogens is 206 g/mol. The second-order valence-electron chi connectivity index (χ2n) is 4.39. The van der Waals surface area contributed by atoms with Crippen molar-refractivity contribution in [1.82, 2.24) is 10.3 Å². The third-order valence-electron chi connectivity index (χ3n) is 2.99. The lowest BCUT2D eigenvalue weighted by Gasteiger charge is -2.33. The summed E-state index contributed by atoms with van der Waals surface area (Å²) < 4.78 is 5.61. The van der Waals surface area contributed by atoms with Gasteiger partial charge in [-0.2, -0.15) is 0 Å². The van der Waals surface area contributed by atoms with Crippen LogP contribution in [0.15, 0.2) is 0 Å². The Labute approximate surface area is 97.3 Å². The van der Waals surface area contributed by atoms with Crippen LogP contribution in [-0.4, -0.2) is 43.2 Å². The van der Waals surface area contributed by atoms with Crippen LogP contribution in [-0.2, 0) is 9.53 Å². The van der Waals surface area contributed by atoms with Gasteiger partial charge in [-0.15, -0.1) is 0 Å². The molecular formula is C11H23N3O2. The average molecular weight is 229 g/mol. The molecule has 0 radical (unpaired) electrons. The molecule has 5 nitrogen and oxygen atoms in total. The molecule has 3 N–H and O–H groups in total. The van der Waals surface area contributed by atoms with Gasteiger partial charge in [0.15, 0.2) is 0 Å². The van der Waals surface area contributed by atoms with E-state index in [0.717, 1.165) is 39.1 Å². The Kier molecular flexibility index (Phi) is 5.73. The Balaban J connectivity index is 2.33. The van der Waals surface area contributed by atoms with Gasteiger partial charge >= 0.3 is 0 Å². The van der Waals surface area contributed by atoms with Crippen molar-refractivity contribution in [3.05, 3.63) is 0 Å². The van der Waals surface area contributed by atoms with Gasteiger partial charge in [-0.1, -0.05) is 6.92 Å². The zero-order valence-corrected chi connectivity index (χ0v) is 10.2. The number of hydrazine groups is 1. The minimum absolute atomic E-state index is 0.0645. The number of likely N-dealkylation sites (tertiary alicyclic amines) is 1. The first-order valence-corrected chi connectivity index (χ1v) is 6.01. The van der Waals surface area contributed by atoms with E-state index in [-0.39, 0.29) is 11.8 Å². The average Bonchev–Trinajstić information content (AvgIpc) is 2.29. The van der Waals surface area contributed by atoms with E-state index in [9.17, 15) is 4.79 Å². The summed E-state index contributed by atoms with van der Waals surface area (Å²) in [6, 6.07) is 0. The van der Waals surface area contributed by atoms with E-state index in [1.165, 1.54) is 0 Å². The number of hydrogen-bond donors (Lipinski definition) is 2. The molecule has 0 bridgehead atoms. The van der Waals surface area contributed by atoms with Crippen molar-refractivity contribution in [2.45, 2.75) is 32.8 Å². The number of ether oxygens (including phenoxy) is 1. The zero-order valence-electron chi connectivity index (χ0n) is 10.2. The Morgan fingerprint density at radius 3 is 3.06 bits per heavy atom. The molecule has 2 atom stereocenters. The van der Waals surface area contributed by atoms with Gasteiger partial charge < -0.3 is 4.74 Å². The quantitative estimate of drug-likeness (QED) is 0.399. The first-order chi connectivity index (χ1) is 7.67. The summed E-state index contributed by atoms with van der Waals surface area (Å²) in [4.78, 5) is 13.6. The number of nitrogens with one attached hydrogen (secondary N) is 1. The number of nitrogens with two attached hydrogens (primary N) is 1. The van der Waals surface area contributed by atoms with E-state index in [1.54, 1.807) is 0 Å². The van der Waals surface area contributed by atoms with Gasteiger partial charge in [-0.3, -0.25) is 15.1 Å². The summed E-state index contributed by atoms with van der Waals surface area (Å²) >= 11 is 0. The van der Waals surface area contributed by atoms with Crippen LogP contribution in [0.3, 0.4) is 0 Å². The predicted molar refractivity (Wildman–Crippen MR) is 62.6 cm³/mol. The number of piperidine rings is 1. The van der Waals surface area contributed by atoms with Crippen molar-refractivity contribution in [2.75, 3.05) is 26.2 Å². The molecule has 1 saturated heterocycles. The minimum Gasteiger partial charge on any atom is -0.377 e. The SMILES string of the molecule is CCOC1CCCN(CC(C)C(=O)NN)C1. The first kappa shape index (κ1) is 13.4. The van der Waals surface area contributed by atoms with Crippen molar-refractivity contribution in [2.24, 2.45) is 11.8 Å². The number of carbonyl (C=O) groups excluding carboxylic acids is 1. The van der Waals surface area contributed by atoms with E-state index in [4.69, 9.17) is 10.6 Å². The highest BCUT2D eigenvalue weighted by Crippen LogP contribution is 2.14. The van der Waals surface area contributed by atoms with Crippen LogP contribution in [0.1, 0.15) is 26.7 Å². The lowest BCUT2D eigenvalue weighted by Crippen LogP contribution is -2.45. The summed E-state index contributed by atoms with van der Waals surface area (Å²) in [6.45, 7) is 7.40. The number of nitrogens with zero attached hydrogens (tertiary/aromatic N) is 1. The molecule has 1 fully saturated rings. The molecule has 1 aliphatic heterocycles. The minimum atomic E-state index is -0.0986. The summed E-state index contributed by atoms with van der Waals surface area (Å²) in [6.07, 6.45) is 2.59. The molecule has 2 unspecified atom stereocenters. The monoisotopic (exact) mass is 229 g/mol. The van der Waals surface area contributed by atoms with E-state index in [1.807, 2.05) is 13.8 Å². The second-order valence-corrected chi connectivity index (χ2v) is 4.39. The molecule has 1 aliphatic rings. The molecule has 5 heteroatoms. The Bertz CT molecular complexity index is 221. The molecule has 0 spiro atoms. The maximum Gasteiger partial charge on any atom is 0.237 e. The Morgan fingerprint density at radius 1 is 1.69 bits per heavy atom. The summed E-state index contributed by atoms with van der Waals surface area (Å²) in [7, 11) is 0. The molecule has 94 valence electrons. The van der Waals surface area contributed by atoms with Crippen molar-refractivity contribution in [1.29, 1.82) is 0 Å². The van der Waals surface area contributed by atoms with Crippen LogP contribution >= 0.6 is 0 Å². The van der Waals surface area contributed by atoms with Gasteiger partial charge in [-0.05, 0) is 26.3 Å². The van der Waals surface area contributed by atoms with Crippen LogP contribution in [0.5, 0.6) is 0 Å². The molecule has 0 aliphatic carbocycles. The molecule has 0 aromatic heterocycles. The number of rotatable bonds is 5. The topological polar surface area (TPSA) is 67.6 Å². The van der Waals surface area contributed by atoms with E-state index in [0.29, 0.717) is 6.10 Å². The summed E-state index contributed by atoms with van der Waals surface area (Å²) in [5.74, 6) is 4.95. The third-order valence-corrected chi connectivity index (χ3v) is 2.99. The van der Waals surface area contributed by atoms with E-state index >= 15 is 0 Å². The van der Waals surface area contributed by atoms with Crippen molar-refractivity contribution in [3.63, 3.8) is 0 Å². The largest absolute Gasteiger partial charge is 0.377 e. The zero-order chi connectivity index (χ0) is 12.0. The van der Waals surface area contributed by atoms with Gasteiger partial charge in [-0.25, -0.2) is 5.84 Å². The molecule has 16 heavy (non-hydrogen) atoms. The van der Waals surface area contributed by atoms with Gasteiger partial charge in [0.05, 0.1) is 6.10 Å². The van der Waals surface area contributed by atoms with Gasteiger partial charge in [0, 0.05) is 25.6 Å². The first-order valence-electron chi connectivity index (χ1n) is 6.01. The van der Waals surface area contributed by atoms with Gasteiger partial charge in [0.1, 0.15) is 0 Å². The van der Waals surface area contributed by atoms with Gasteiger partial charge in [0.2, 0.25) is 5.91 Å². The van der Waals surface area contributed by atoms with Crippen LogP contribution in [0.2, 0.25) is 0 Å². The maximum atomic E-state index is 11.3. The summed E-state index contributed by atoms with van der Waals surface area (Å²) in [5, 5.41) is 0. The summed E-state index contributed by atoms with van der Waals surface area (Å²) in [5.41, 5.74) is 2.19. The third kappa shape index (κ3) is 4.08. The number of hydrogen-bond acceptors (Lipinski definition) is 4. The van der Waals surface area contributed by atoms with Crippen molar-refractivity contribution >= 4 is 5.91 Å². The van der Waals surface area contributed by atoms with E-state index in [2.05, 4.69) is 10.3 Å². The van der Waals surface area contributed by atoms with Crippen LogP contribution in [0, 0.1) is 5.92 Å². The molecule has 1 amide bonds. The highest BCUT2D eigenvalue weighted by atomic mass is 16.5. The molecule has 0 aromatic carbocycles. The van der Waals surface area contributed by atoms with E-state index < -0.39 is 0 Å². The normalized spacial score (nSPS) is 24.1. The second kappa shape index (κ2) is 6.83. The van der Waals surface area contributed by atoms with Gasteiger partial charge in [0.25, 0.3) is 0 Å². The molecule has 1 rings (SSSR count). The fourth-order valence-electron chi connectivity index (χ4n) is 2.16. The number of carbonyl (C=O) groups is 1.